The molecule has 0 amide bonds. The molecule has 0 radical (unpaired) electrons. The number of hydrogen-bond donors (Lipinski definition) is 2. The van der Waals surface area contributed by atoms with Crippen LogP contribution in [-0.4, -0.2) is 60.1 Å². The maximum atomic E-state index is 10.1. The van der Waals surface area contributed by atoms with Gasteiger partial charge in [-0.15, -0.1) is 0 Å². The zero-order valence-electron chi connectivity index (χ0n) is 12.2. The summed E-state index contributed by atoms with van der Waals surface area (Å²) in [5, 5.41) is 10.1. The van der Waals surface area contributed by atoms with E-state index in [1.165, 1.54) is 0 Å². The van der Waals surface area contributed by atoms with Crippen molar-refractivity contribution in [3.8, 4) is 5.75 Å². The van der Waals surface area contributed by atoms with Crippen LogP contribution in [0.1, 0.15) is 12.5 Å². The van der Waals surface area contributed by atoms with E-state index in [-0.39, 0.29) is 6.61 Å². The summed E-state index contributed by atoms with van der Waals surface area (Å²) in [4.78, 5) is 2.50. The van der Waals surface area contributed by atoms with Crippen molar-refractivity contribution in [3.05, 3.63) is 29.8 Å². The second-order valence-electron chi connectivity index (χ2n) is 5.24. The lowest BCUT2D eigenvalue weighted by Gasteiger charge is -2.34. The van der Waals surface area contributed by atoms with Crippen LogP contribution in [0.3, 0.4) is 0 Å². The number of para-hydroxylation sites is 1. The van der Waals surface area contributed by atoms with Crippen LogP contribution >= 0.6 is 12.2 Å². The average Bonchev–Trinajstić information content (AvgIpc) is 2.48. The first kappa shape index (κ1) is 16.2. The average molecular weight is 310 g/mol. The lowest BCUT2D eigenvalue weighted by molar-refractivity contribution is -0.0265. The van der Waals surface area contributed by atoms with E-state index in [4.69, 9.17) is 27.4 Å². The Morgan fingerprint density at radius 3 is 3.05 bits per heavy atom. The number of nitrogens with zero attached hydrogens (tertiary/aromatic N) is 1. The normalized spacial score (nSPS) is 21.0. The molecule has 1 fully saturated rings. The van der Waals surface area contributed by atoms with Gasteiger partial charge in [-0.3, -0.25) is 4.90 Å². The topological polar surface area (TPSA) is 68.0 Å². The number of benzene rings is 1. The molecule has 0 aliphatic carbocycles. The van der Waals surface area contributed by atoms with Gasteiger partial charge >= 0.3 is 0 Å². The largest absolute Gasteiger partial charge is 0.490 e. The SMILES string of the molecule is CC1COCCN1CC(O)COc1ccccc1C(N)=S. The van der Waals surface area contributed by atoms with Gasteiger partial charge in [-0.25, -0.2) is 0 Å². The minimum Gasteiger partial charge on any atom is -0.490 e. The highest BCUT2D eigenvalue weighted by molar-refractivity contribution is 7.80. The Bertz CT molecular complexity index is 484. The monoisotopic (exact) mass is 310 g/mol. The molecule has 0 bridgehead atoms. The number of nitrogens with two attached hydrogens (primary N) is 1. The van der Waals surface area contributed by atoms with Crippen molar-refractivity contribution < 1.29 is 14.6 Å². The lowest BCUT2D eigenvalue weighted by atomic mass is 10.2. The Morgan fingerprint density at radius 2 is 2.33 bits per heavy atom. The summed E-state index contributed by atoms with van der Waals surface area (Å²) >= 11 is 4.99. The Balaban J connectivity index is 1.86. The third-order valence-corrected chi connectivity index (χ3v) is 3.75. The van der Waals surface area contributed by atoms with E-state index < -0.39 is 6.10 Å². The third-order valence-electron chi connectivity index (χ3n) is 3.53. The smallest absolute Gasteiger partial charge is 0.129 e. The maximum Gasteiger partial charge on any atom is 0.129 e. The molecule has 1 saturated heterocycles. The molecular weight excluding hydrogens is 288 g/mol. The van der Waals surface area contributed by atoms with Gasteiger partial charge in [0.25, 0.3) is 0 Å². The number of aliphatic hydroxyl groups is 1. The summed E-state index contributed by atoms with van der Waals surface area (Å²) in [6, 6.07) is 7.64. The van der Waals surface area contributed by atoms with Gasteiger partial charge in [-0.05, 0) is 19.1 Å². The molecule has 1 heterocycles. The number of ether oxygens (including phenoxy) is 2. The minimum atomic E-state index is -0.565. The van der Waals surface area contributed by atoms with E-state index in [9.17, 15) is 5.11 Å². The molecule has 0 spiro atoms. The lowest BCUT2D eigenvalue weighted by Crippen LogP contribution is -2.47. The minimum absolute atomic E-state index is 0.212. The Labute approximate surface area is 130 Å². The van der Waals surface area contributed by atoms with Crippen molar-refractivity contribution in [3.63, 3.8) is 0 Å². The Kier molecular flexibility index (Phi) is 5.93. The summed E-state index contributed by atoms with van der Waals surface area (Å²) in [6.45, 7) is 5.13. The molecule has 2 rings (SSSR count). The Morgan fingerprint density at radius 1 is 1.57 bits per heavy atom. The summed E-state index contributed by atoms with van der Waals surface area (Å²) in [5.74, 6) is 0.610. The summed E-state index contributed by atoms with van der Waals surface area (Å²) in [5.41, 5.74) is 6.35. The van der Waals surface area contributed by atoms with Crippen molar-refractivity contribution in [2.75, 3.05) is 32.9 Å². The zero-order chi connectivity index (χ0) is 15.2. The fourth-order valence-electron chi connectivity index (χ4n) is 2.34. The standard InChI is InChI=1S/C15H22N2O3S/c1-11-9-19-7-6-17(11)8-12(18)10-20-14-5-3-2-4-13(14)15(16)21/h2-5,11-12,18H,6-10H2,1H3,(H2,16,21). The van der Waals surface area contributed by atoms with E-state index in [1.807, 2.05) is 18.2 Å². The molecule has 1 aliphatic rings. The highest BCUT2D eigenvalue weighted by Crippen LogP contribution is 2.18. The molecule has 0 aromatic heterocycles. The van der Waals surface area contributed by atoms with Gasteiger partial charge in [0.15, 0.2) is 0 Å². The van der Waals surface area contributed by atoms with Crippen molar-refractivity contribution in [1.29, 1.82) is 0 Å². The molecule has 1 aromatic rings. The predicted octanol–water partition coefficient (Wildman–Crippen LogP) is 0.781. The summed E-state index contributed by atoms with van der Waals surface area (Å²) in [7, 11) is 0. The molecule has 3 N–H and O–H groups in total. The predicted molar refractivity (Wildman–Crippen MR) is 85.7 cm³/mol. The Hall–Kier alpha value is -1.21. The van der Waals surface area contributed by atoms with Crippen LogP contribution in [0, 0.1) is 0 Å². The van der Waals surface area contributed by atoms with Gasteiger partial charge in [0.2, 0.25) is 0 Å². The molecule has 2 unspecified atom stereocenters. The quantitative estimate of drug-likeness (QED) is 0.757. The molecule has 1 aromatic carbocycles. The van der Waals surface area contributed by atoms with Gasteiger partial charge in [0.1, 0.15) is 23.4 Å². The first-order valence-electron chi connectivity index (χ1n) is 7.09. The number of hydrogen-bond acceptors (Lipinski definition) is 5. The summed E-state index contributed by atoms with van der Waals surface area (Å²) in [6.07, 6.45) is -0.565. The maximum absolute atomic E-state index is 10.1. The van der Waals surface area contributed by atoms with Crippen LogP contribution in [0.2, 0.25) is 0 Å². The number of morpholine rings is 1. The first-order valence-corrected chi connectivity index (χ1v) is 7.50. The number of aliphatic hydroxyl groups excluding tert-OH is 1. The molecule has 0 saturated carbocycles. The molecule has 1 aliphatic heterocycles. The van der Waals surface area contributed by atoms with E-state index >= 15 is 0 Å². The van der Waals surface area contributed by atoms with Crippen molar-refractivity contribution >= 4 is 17.2 Å². The highest BCUT2D eigenvalue weighted by Gasteiger charge is 2.21. The van der Waals surface area contributed by atoms with Crippen molar-refractivity contribution in [2.24, 2.45) is 5.73 Å². The fourth-order valence-corrected chi connectivity index (χ4v) is 2.51. The summed E-state index contributed by atoms with van der Waals surface area (Å²) < 4.78 is 11.0. The molecule has 21 heavy (non-hydrogen) atoms. The third kappa shape index (κ3) is 4.64. The van der Waals surface area contributed by atoms with Crippen LogP contribution in [0.15, 0.2) is 24.3 Å². The van der Waals surface area contributed by atoms with Crippen LogP contribution in [0.25, 0.3) is 0 Å². The van der Waals surface area contributed by atoms with E-state index in [2.05, 4.69) is 11.8 Å². The van der Waals surface area contributed by atoms with Gasteiger partial charge in [0.05, 0.1) is 18.8 Å². The van der Waals surface area contributed by atoms with E-state index in [0.717, 1.165) is 6.54 Å². The van der Waals surface area contributed by atoms with Crippen molar-refractivity contribution in [2.45, 2.75) is 19.1 Å². The second-order valence-corrected chi connectivity index (χ2v) is 5.68. The van der Waals surface area contributed by atoms with Crippen LogP contribution < -0.4 is 10.5 Å². The van der Waals surface area contributed by atoms with Crippen LogP contribution in [0.5, 0.6) is 5.75 Å². The molecule has 116 valence electrons. The van der Waals surface area contributed by atoms with Gasteiger partial charge < -0.3 is 20.3 Å². The highest BCUT2D eigenvalue weighted by atomic mass is 32.1. The second kappa shape index (κ2) is 7.70. The molecule has 5 nitrogen and oxygen atoms in total. The van der Waals surface area contributed by atoms with Crippen molar-refractivity contribution in [1.82, 2.24) is 4.90 Å². The van der Waals surface area contributed by atoms with Crippen LogP contribution in [0.4, 0.5) is 0 Å². The van der Waals surface area contributed by atoms with Crippen LogP contribution in [-0.2, 0) is 4.74 Å². The number of thiocarbonyl (C=S) groups is 1. The zero-order valence-corrected chi connectivity index (χ0v) is 13.0. The van der Waals surface area contributed by atoms with Gasteiger partial charge in [-0.1, -0.05) is 24.4 Å². The molecule has 2 atom stereocenters. The first-order chi connectivity index (χ1) is 10.1. The van der Waals surface area contributed by atoms with E-state index in [1.54, 1.807) is 6.07 Å². The van der Waals surface area contributed by atoms with Gasteiger partial charge in [-0.2, -0.15) is 0 Å². The van der Waals surface area contributed by atoms with Gasteiger partial charge in [0, 0.05) is 19.1 Å². The molecule has 6 heteroatoms. The fraction of sp³-hybridized carbons (Fsp3) is 0.533. The number of rotatable bonds is 6. The number of β-amino-alcohol motifs (C(OH)–C–C–N with tert-alkyl or cyclic N) is 1. The van der Waals surface area contributed by atoms with E-state index in [0.29, 0.717) is 42.1 Å². The molecular formula is C15H22N2O3S.